The predicted octanol–water partition coefficient (Wildman–Crippen LogP) is 2.27. The van der Waals surface area contributed by atoms with Gasteiger partial charge in [0.15, 0.2) is 0 Å². The number of carboxylic acids is 1. The molecule has 1 saturated carbocycles. The molecule has 0 heterocycles. The lowest BCUT2D eigenvalue weighted by atomic mass is 9.98. The highest BCUT2D eigenvalue weighted by atomic mass is 16.5. The Kier molecular flexibility index (Phi) is 5.65. The first-order valence-corrected chi connectivity index (χ1v) is 10.1. The number of rotatable bonds is 8. The molecular formula is C23H24N2O6. The maximum Gasteiger partial charge on any atom is 0.407 e. The van der Waals surface area contributed by atoms with Crippen molar-refractivity contribution in [2.24, 2.45) is 0 Å². The highest BCUT2D eigenvalue weighted by Crippen LogP contribution is 2.44. The quantitative estimate of drug-likeness (QED) is 0.599. The van der Waals surface area contributed by atoms with Crippen LogP contribution in [-0.4, -0.2) is 55.0 Å². The van der Waals surface area contributed by atoms with Gasteiger partial charge < -0.3 is 25.2 Å². The fourth-order valence-electron chi connectivity index (χ4n) is 3.97. The molecule has 0 aromatic heterocycles. The molecule has 2 aromatic carbocycles. The Morgan fingerprint density at radius 2 is 1.65 bits per heavy atom. The highest BCUT2D eigenvalue weighted by molar-refractivity contribution is 5.93. The molecule has 1 unspecified atom stereocenters. The lowest BCUT2D eigenvalue weighted by Gasteiger charge is -2.21. The van der Waals surface area contributed by atoms with Gasteiger partial charge in [0.1, 0.15) is 18.2 Å². The Labute approximate surface area is 179 Å². The predicted molar refractivity (Wildman–Crippen MR) is 112 cm³/mol. The molecule has 162 valence electrons. The lowest BCUT2D eigenvalue weighted by molar-refractivity contribution is -0.143. The van der Waals surface area contributed by atoms with Crippen LogP contribution in [0, 0.1) is 0 Å². The Bertz CT molecular complexity index is 971. The second-order valence-corrected chi connectivity index (χ2v) is 7.85. The van der Waals surface area contributed by atoms with E-state index in [-0.39, 0.29) is 19.1 Å². The van der Waals surface area contributed by atoms with E-state index in [1.54, 1.807) is 0 Å². The number of benzene rings is 2. The van der Waals surface area contributed by atoms with Crippen LogP contribution >= 0.6 is 0 Å². The van der Waals surface area contributed by atoms with Crippen LogP contribution in [0.3, 0.4) is 0 Å². The van der Waals surface area contributed by atoms with Crippen molar-refractivity contribution < 1.29 is 29.0 Å². The zero-order valence-electron chi connectivity index (χ0n) is 17.1. The van der Waals surface area contributed by atoms with Crippen molar-refractivity contribution in [2.75, 3.05) is 20.3 Å². The first kappa shape index (κ1) is 20.9. The number of hydrogen-bond donors (Lipinski definition) is 3. The van der Waals surface area contributed by atoms with Gasteiger partial charge in [-0.3, -0.25) is 4.79 Å². The molecule has 0 aliphatic heterocycles. The topological polar surface area (TPSA) is 114 Å². The van der Waals surface area contributed by atoms with Crippen LogP contribution in [0.15, 0.2) is 48.5 Å². The van der Waals surface area contributed by atoms with Gasteiger partial charge in [0.2, 0.25) is 5.91 Å². The van der Waals surface area contributed by atoms with Gasteiger partial charge in [-0.2, -0.15) is 0 Å². The van der Waals surface area contributed by atoms with Crippen molar-refractivity contribution in [1.29, 1.82) is 0 Å². The summed E-state index contributed by atoms with van der Waals surface area (Å²) in [4.78, 5) is 36.2. The third-order valence-electron chi connectivity index (χ3n) is 5.81. The summed E-state index contributed by atoms with van der Waals surface area (Å²) in [5.74, 6) is -1.80. The van der Waals surface area contributed by atoms with E-state index in [2.05, 4.69) is 10.6 Å². The number of ether oxygens (including phenoxy) is 2. The molecule has 0 spiro atoms. The van der Waals surface area contributed by atoms with Crippen LogP contribution in [-0.2, 0) is 19.1 Å². The second kappa shape index (κ2) is 8.39. The normalized spacial score (nSPS) is 16.5. The summed E-state index contributed by atoms with van der Waals surface area (Å²) in [5.41, 5.74) is 3.16. The molecule has 0 radical (unpaired) electrons. The van der Waals surface area contributed by atoms with Gasteiger partial charge in [-0.15, -0.1) is 0 Å². The summed E-state index contributed by atoms with van der Waals surface area (Å²) in [6.45, 7) is 0.00592. The van der Waals surface area contributed by atoms with E-state index < -0.39 is 29.6 Å². The molecule has 3 N–H and O–H groups in total. The van der Waals surface area contributed by atoms with Crippen molar-refractivity contribution in [2.45, 2.75) is 30.3 Å². The van der Waals surface area contributed by atoms with Crippen molar-refractivity contribution in [3.63, 3.8) is 0 Å². The van der Waals surface area contributed by atoms with E-state index in [1.165, 1.54) is 7.11 Å². The summed E-state index contributed by atoms with van der Waals surface area (Å²) in [6.07, 6.45) is -0.0449. The van der Waals surface area contributed by atoms with E-state index in [1.807, 2.05) is 48.5 Å². The van der Waals surface area contributed by atoms with E-state index in [9.17, 15) is 19.5 Å². The Hall–Kier alpha value is -3.39. The third kappa shape index (κ3) is 4.11. The molecule has 2 amide bonds. The molecule has 0 saturated heterocycles. The van der Waals surface area contributed by atoms with Crippen molar-refractivity contribution in [1.82, 2.24) is 10.6 Å². The number of alkyl carbamates (subject to hydrolysis) is 1. The fraction of sp³-hybridized carbons (Fsp3) is 0.348. The van der Waals surface area contributed by atoms with Crippen molar-refractivity contribution in [3.05, 3.63) is 59.7 Å². The van der Waals surface area contributed by atoms with E-state index in [0.29, 0.717) is 12.8 Å². The molecule has 4 rings (SSSR count). The molecule has 0 bridgehead atoms. The number of fused-ring (bicyclic) bond motifs is 3. The summed E-state index contributed by atoms with van der Waals surface area (Å²) >= 11 is 0. The minimum Gasteiger partial charge on any atom is -0.480 e. The van der Waals surface area contributed by atoms with Gasteiger partial charge in [-0.1, -0.05) is 48.5 Å². The number of carbonyl (C=O) groups is 3. The average Bonchev–Trinajstić information content (AvgIpc) is 3.48. The minimum absolute atomic E-state index is 0.102. The molecule has 2 aliphatic carbocycles. The number of carboxylic acid groups (broad SMARTS) is 1. The molecular weight excluding hydrogens is 400 g/mol. The second-order valence-electron chi connectivity index (χ2n) is 7.85. The van der Waals surface area contributed by atoms with Crippen LogP contribution in [0.2, 0.25) is 0 Å². The van der Waals surface area contributed by atoms with Crippen LogP contribution in [0.5, 0.6) is 0 Å². The van der Waals surface area contributed by atoms with Crippen LogP contribution in [0.25, 0.3) is 11.1 Å². The molecule has 1 fully saturated rings. The number of methoxy groups -OCH3 is 1. The van der Waals surface area contributed by atoms with Gasteiger partial charge in [0.25, 0.3) is 0 Å². The molecule has 1 atom stereocenters. The molecule has 8 nitrogen and oxygen atoms in total. The molecule has 31 heavy (non-hydrogen) atoms. The van der Waals surface area contributed by atoms with Crippen molar-refractivity contribution in [3.8, 4) is 11.1 Å². The largest absolute Gasteiger partial charge is 0.480 e. The van der Waals surface area contributed by atoms with Gasteiger partial charge in [-0.05, 0) is 35.1 Å². The standard InChI is InChI=1S/C23H24N2O6/c1-30-13-19(20(26)25-23(10-11-23)21(27)28)24-22(29)31-12-18-16-8-4-2-6-14(16)15-7-3-5-9-17(15)18/h2-9,18-19H,10-13H2,1H3,(H,24,29)(H,25,26)(H,27,28). The lowest BCUT2D eigenvalue weighted by Crippen LogP contribution is -2.54. The van der Waals surface area contributed by atoms with Crippen LogP contribution in [0.4, 0.5) is 4.79 Å². The summed E-state index contributed by atoms with van der Waals surface area (Å²) in [5, 5.41) is 14.2. The number of amides is 2. The summed E-state index contributed by atoms with van der Waals surface area (Å²) in [6, 6.07) is 14.9. The van der Waals surface area contributed by atoms with E-state index in [0.717, 1.165) is 22.3 Å². The summed E-state index contributed by atoms with van der Waals surface area (Å²) < 4.78 is 10.5. The maximum absolute atomic E-state index is 12.5. The molecule has 2 aliphatic rings. The van der Waals surface area contributed by atoms with Crippen LogP contribution in [0.1, 0.15) is 29.9 Å². The monoisotopic (exact) mass is 424 g/mol. The van der Waals surface area contributed by atoms with Gasteiger partial charge >= 0.3 is 12.1 Å². The third-order valence-corrected chi connectivity index (χ3v) is 5.81. The Balaban J connectivity index is 1.40. The summed E-state index contributed by atoms with van der Waals surface area (Å²) in [7, 11) is 1.39. The minimum atomic E-state index is -1.24. The SMILES string of the molecule is COCC(NC(=O)OCC1c2ccccc2-c2ccccc21)C(=O)NC1(C(=O)O)CC1. The first-order valence-electron chi connectivity index (χ1n) is 10.1. The smallest absolute Gasteiger partial charge is 0.407 e. The van der Waals surface area contributed by atoms with Crippen LogP contribution < -0.4 is 10.6 Å². The highest BCUT2D eigenvalue weighted by Gasteiger charge is 2.52. The van der Waals surface area contributed by atoms with Gasteiger partial charge in [0.05, 0.1) is 6.61 Å². The van der Waals surface area contributed by atoms with Crippen molar-refractivity contribution >= 4 is 18.0 Å². The van der Waals surface area contributed by atoms with E-state index >= 15 is 0 Å². The number of nitrogens with one attached hydrogen (secondary N) is 2. The zero-order chi connectivity index (χ0) is 22.0. The van der Waals surface area contributed by atoms with E-state index in [4.69, 9.17) is 9.47 Å². The first-order chi connectivity index (χ1) is 14.9. The zero-order valence-corrected chi connectivity index (χ0v) is 17.1. The molecule has 8 heteroatoms. The van der Waals surface area contributed by atoms with Gasteiger partial charge in [0, 0.05) is 13.0 Å². The average molecular weight is 424 g/mol. The number of carbonyl (C=O) groups excluding carboxylic acids is 2. The fourth-order valence-corrected chi connectivity index (χ4v) is 3.97. The maximum atomic E-state index is 12.5. The van der Waals surface area contributed by atoms with Gasteiger partial charge in [-0.25, -0.2) is 9.59 Å². The Morgan fingerprint density at radius 3 is 2.16 bits per heavy atom. The number of aliphatic carboxylic acids is 1. The number of hydrogen-bond acceptors (Lipinski definition) is 5. The molecule has 2 aromatic rings. The Morgan fingerprint density at radius 1 is 1.06 bits per heavy atom.